The molecule has 1 atom stereocenters. The molecule has 0 saturated carbocycles. The second kappa shape index (κ2) is 5.18. The van der Waals surface area contributed by atoms with Crippen molar-refractivity contribution in [3.05, 3.63) is 29.6 Å². The lowest BCUT2D eigenvalue weighted by Crippen LogP contribution is -2.24. The quantitative estimate of drug-likeness (QED) is 0.861. The molecular formula is C14H19FN2. The predicted octanol–water partition coefficient (Wildman–Crippen LogP) is 3.87. The molecule has 0 aliphatic carbocycles. The van der Waals surface area contributed by atoms with Crippen molar-refractivity contribution in [2.24, 2.45) is 5.41 Å². The van der Waals surface area contributed by atoms with Crippen LogP contribution in [0.15, 0.2) is 18.2 Å². The predicted molar refractivity (Wildman–Crippen MR) is 68.2 cm³/mol. The average molecular weight is 234 g/mol. The molecule has 92 valence electrons. The van der Waals surface area contributed by atoms with Gasteiger partial charge in [-0.1, -0.05) is 20.8 Å². The number of nitrogens with zero attached hydrogens (tertiary/aromatic N) is 1. The first kappa shape index (κ1) is 13.5. The highest BCUT2D eigenvalue weighted by Crippen LogP contribution is 2.23. The first-order chi connectivity index (χ1) is 7.80. The molecule has 1 rings (SSSR count). The van der Waals surface area contributed by atoms with Crippen LogP contribution in [0.2, 0.25) is 0 Å². The molecule has 0 aliphatic heterocycles. The number of hydrogen-bond donors (Lipinski definition) is 1. The molecule has 0 spiro atoms. The van der Waals surface area contributed by atoms with E-state index in [9.17, 15) is 4.39 Å². The zero-order valence-electron chi connectivity index (χ0n) is 10.8. The maximum absolute atomic E-state index is 13.2. The van der Waals surface area contributed by atoms with Crippen LogP contribution in [0.4, 0.5) is 10.1 Å². The fourth-order valence-corrected chi connectivity index (χ4v) is 1.76. The van der Waals surface area contributed by atoms with E-state index < -0.39 is 0 Å². The van der Waals surface area contributed by atoms with Gasteiger partial charge in [0.05, 0.1) is 6.07 Å². The Balaban J connectivity index is 2.78. The summed E-state index contributed by atoms with van der Waals surface area (Å²) in [6, 6.07) is 6.65. The summed E-state index contributed by atoms with van der Waals surface area (Å²) in [6.07, 6.45) is 0.721. The SMILES string of the molecule is Cc1cc(F)cc(NC(C#N)CC(C)(C)C)c1. The van der Waals surface area contributed by atoms with E-state index >= 15 is 0 Å². The van der Waals surface area contributed by atoms with Crippen LogP contribution in [0, 0.1) is 29.5 Å². The number of nitriles is 1. The molecule has 0 bridgehead atoms. The summed E-state index contributed by atoms with van der Waals surface area (Å²) in [6.45, 7) is 8.07. The van der Waals surface area contributed by atoms with Gasteiger partial charge in [-0.2, -0.15) is 5.26 Å². The van der Waals surface area contributed by atoms with Gasteiger partial charge in [0, 0.05) is 5.69 Å². The van der Waals surface area contributed by atoms with Crippen molar-refractivity contribution in [3.63, 3.8) is 0 Å². The number of anilines is 1. The van der Waals surface area contributed by atoms with Crippen LogP contribution in [-0.2, 0) is 0 Å². The summed E-state index contributed by atoms with van der Waals surface area (Å²) in [7, 11) is 0. The lowest BCUT2D eigenvalue weighted by molar-refractivity contribution is 0.370. The summed E-state index contributed by atoms with van der Waals surface area (Å²) in [5.41, 5.74) is 1.58. The first-order valence-electron chi connectivity index (χ1n) is 5.73. The Morgan fingerprint density at radius 1 is 1.35 bits per heavy atom. The summed E-state index contributed by atoms with van der Waals surface area (Å²) in [5.74, 6) is -0.278. The van der Waals surface area contributed by atoms with E-state index in [1.807, 2.05) is 13.0 Å². The van der Waals surface area contributed by atoms with Crippen molar-refractivity contribution in [2.45, 2.75) is 40.2 Å². The number of halogens is 1. The van der Waals surface area contributed by atoms with Crippen molar-refractivity contribution in [3.8, 4) is 6.07 Å². The van der Waals surface area contributed by atoms with Crippen LogP contribution in [0.1, 0.15) is 32.8 Å². The number of nitrogens with one attached hydrogen (secondary N) is 1. The molecular weight excluding hydrogens is 215 g/mol. The van der Waals surface area contributed by atoms with Gasteiger partial charge in [0.2, 0.25) is 0 Å². The van der Waals surface area contributed by atoms with Gasteiger partial charge in [-0.15, -0.1) is 0 Å². The monoisotopic (exact) mass is 234 g/mol. The third-order valence-electron chi connectivity index (χ3n) is 2.36. The first-order valence-corrected chi connectivity index (χ1v) is 5.73. The molecule has 0 amide bonds. The minimum absolute atomic E-state index is 0.0652. The van der Waals surface area contributed by atoms with Gasteiger partial charge < -0.3 is 5.32 Å². The van der Waals surface area contributed by atoms with Crippen LogP contribution in [0.3, 0.4) is 0 Å². The fourth-order valence-electron chi connectivity index (χ4n) is 1.76. The number of hydrogen-bond acceptors (Lipinski definition) is 2. The van der Waals surface area contributed by atoms with Gasteiger partial charge in [0.1, 0.15) is 11.9 Å². The average Bonchev–Trinajstić information content (AvgIpc) is 2.12. The van der Waals surface area contributed by atoms with Crippen LogP contribution >= 0.6 is 0 Å². The Kier molecular flexibility index (Phi) is 4.11. The smallest absolute Gasteiger partial charge is 0.125 e. The molecule has 0 fully saturated rings. The molecule has 0 aromatic heterocycles. The zero-order valence-corrected chi connectivity index (χ0v) is 10.8. The lowest BCUT2D eigenvalue weighted by atomic mass is 9.88. The molecule has 2 nitrogen and oxygen atoms in total. The van der Waals surface area contributed by atoms with Crippen LogP contribution < -0.4 is 5.32 Å². The van der Waals surface area contributed by atoms with E-state index in [4.69, 9.17) is 5.26 Å². The maximum Gasteiger partial charge on any atom is 0.125 e. The maximum atomic E-state index is 13.2. The standard InChI is InChI=1S/C14H19FN2/c1-10-5-11(15)7-12(6-10)17-13(9-16)8-14(2,3)4/h5-7,13,17H,8H2,1-4H3. The molecule has 1 unspecified atom stereocenters. The molecule has 1 aromatic carbocycles. The highest BCUT2D eigenvalue weighted by molar-refractivity contribution is 5.47. The topological polar surface area (TPSA) is 35.8 Å². The largest absolute Gasteiger partial charge is 0.370 e. The van der Waals surface area contributed by atoms with E-state index in [0.717, 1.165) is 12.0 Å². The number of rotatable bonds is 3. The third-order valence-corrected chi connectivity index (χ3v) is 2.36. The molecule has 1 aromatic rings. The van der Waals surface area contributed by atoms with Crippen LogP contribution in [0.5, 0.6) is 0 Å². The van der Waals surface area contributed by atoms with Gasteiger partial charge in [-0.3, -0.25) is 0 Å². The summed E-state index contributed by atoms with van der Waals surface area (Å²) in [4.78, 5) is 0. The number of benzene rings is 1. The van der Waals surface area contributed by atoms with Crippen molar-refractivity contribution in [1.82, 2.24) is 0 Å². The molecule has 0 saturated heterocycles. The molecule has 0 radical (unpaired) electrons. The van der Waals surface area contributed by atoms with Gasteiger partial charge in [0.15, 0.2) is 0 Å². The lowest BCUT2D eigenvalue weighted by Gasteiger charge is -2.23. The van der Waals surface area contributed by atoms with Crippen LogP contribution in [0.25, 0.3) is 0 Å². The molecule has 3 heteroatoms. The van der Waals surface area contributed by atoms with E-state index in [1.54, 1.807) is 0 Å². The Morgan fingerprint density at radius 2 is 2.00 bits per heavy atom. The molecule has 17 heavy (non-hydrogen) atoms. The second-order valence-corrected chi connectivity index (χ2v) is 5.61. The van der Waals surface area contributed by atoms with Crippen LogP contribution in [-0.4, -0.2) is 6.04 Å². The van der Waals surface area contributed by atoms with E-state index in [1.165, 1.54) is 12.1 Å². The Hall–Kier alpha value is -1.56. The van der Waals surface area contributed by atoms with Crippen molar-refractivity contribution < 1.29 is 4.39 Å². The summed E-state index contributed by atoms with van der Waals surface area (Å²) < 4.78 is 13.2. The molecule has 0 aliphatic rings. The van der Waals surface area contributed by atoms with E-state index in [2.05, 4.69) is 32.2 Å². The minimum atomic E-state index is -0.295. The Labute approximate surface area is 102 Å². The van der Waals surface area contributed by atoms with Crippen molar-refractivity contribution >= 4 is 5.69 Å². The van der Waals surface area contributed by atoms with Crippen molar-refractivity contribution in [2.75, 3.05) is 5.32 Å². The van der Waals surface area contributed by atoms with Gasteiger partial charge in [-0.25, -0.2) is 4.39 Å². The Bertz CT molecular complexity index is 407. The molecule has 1 N–H and O–H groups in total. The highest BCUT2D eigenvalue weighted by Gasteiger charge is 2.18. The van der Waals surface area contributed by atoms with Crippen molar-refractivity contribution in [1.29, 1.82) is 5.26 Å². The molecule has 0 heterocycles. The highest BCUT2D eigenvalue weighted by atomic mass is 19.1. The van der Waals surface area contributed by atoms with Gasteiger partial charge >= 0.3 is 0 Å². The Morgan fingerprint density at radius 3 is 2.47 bits per heavy atom. The van der Waals surface area contributed by atoms with E-state index in [-0.39, 0.29) is 17.3 Å². The normalized spacial score (nSPS) is 12.9. The fraction of sp³-hybridized carbons (Fsp3) is 0.500. The van der Waals surface area contributed by atoms with Gasteiger partial charge in [0.25, 0.3) is 0 Å². The summed E-state index contributed by atoms with van der Waals surface area (Å²) >= 11 is 0. The summed E-state index contributed by atoms with van der Waals surface area (Å²) in [5, 5.41) is 12.1. The second-order valence-electron chi connectivity index (χ2n) is 5.61. The van der Waals surface area contributed by atoms with Gasteiger partial charge in [-0.05, 0) is 42.5 Å². The minimum Gasteiger partial charge on any atom is -0.370 e. The third kappa shape index (κ3) is 4.86. The number of aryl methyl sites for hydroxylation is 1. The van der Waals surface area contributed by atoms with E-state index in [0.29, 0.717) is 5.69 Å². The zero-order chi connectivity index (χ0) is 13.1.